The highest BCUT2D eigenvalue weighted by molar-refractivity contribution is 5.87. The topological polar surface area (TPSA) is 64.6 Å². The standard InChI is InChI=1S/C13H23NO4/c1-8-6-7-17-10(8)11(15)14-9(2)12(16)18-13(3,4)5/h8-10H,6-7H2,1-5H3,(H,14,15)/t8?,9-,10?/m1/s1. The minimum absolute atomic E-state index is 0.191. The molecule has 0 aromatic heterocycles. The summed E-state index contributed by atoms with van der Waals surface area (Å²) in [4.78, 5) is 23.6. The van der Waals surface area contributed by atoms with Gasteiger partial charge in [0.05, 0.1) is 0 Å². The van der Waals surface area contributed by atoms with Crippen LogP contribution in [0.25, 0.3) is 0 Å². The van der Waals surface area contributed by atoms with Crippen molar-refractivity contribution < 1.29 is 19.1 Å². The quantitative estimate of drug-likeness (QED) is 0.773. The molecule has 1 rings (SSSR count). The lowest BCUT2D eigenvalue weighted by molar-refractivity contribution is -0.158. The molecular formula is C13H23NO4. The predicted octanol–water partition coefficient (Wildman–Crippen LogP) is 1.26. The molecule has 1 aliphatic rings. The maximum absolute atomic E-state index is 11.9. The first-order valence-electron chi connectivity index (χ1n) is 6.35. The van der Waals surface area contributed by atoms with E-state index in [2.05, 4.69) is 5.32 Å². The Hall–Kier alpha value is -1.10. The Morgan fingerprint density at radius 3 is 2.44 bits per heavy atom. The molecule has 1 fully saturated rings. The summed E-state index contributed by atoms with van der Waals surface area (Å²) in [6.45, 7) is 9.56. The maximum atomic E-state index is 11.9. The Morgan fingerprint density at radius 1 is 1.39 bits per heavy atom. The maximum Gasteiger partial charge on any atom is 0.328 e. The first-order chi connectivity index (χ1) is 8.20. The molecule has 5 heteroatoms. The van der Waals surface area contributed by atoms with Gasteiger partial charge in [0.15, 0.2) is 0 Å². The summed E-state index contributed by atoms with van der Waals surface area (Å²) in [5.41, 5.74) is -0.548. The van der Waals surface area contributed by atoms with Gasteiger partial charge < -0.3 is 14.8 Å². The van der Waals surface area contributed by atoms with Crippen molar-refractivity contribution in [3.05, 3.63) is 0 Å². The van der Waals surface area contributed by atoms with Crippen LogP contribution in [-0.4, -0.2) is 36.2 Å². The van der Waals surface area contributed by atoms with Gasteiger partial charge in [0.1, 0.15) is 17.7 Å². The number of ether oxygens (including phenoxy) is 2. The fourth-order valence-corrected chi connectivity index (χ4v) is 1.78. The average molecular weight is 257 g/mol. The van der Waals surface area contributed by atoms with E-state index < -0.39 is 23.7 Å². The molecule has 1 heterocycles. The zero-order chi connectivity index (χ0) is 13.9. The molecule has 1 amide bonds. The van der Waals surface area contributed by atoms with Crippen LogP contribution in [0.15, 0.2) is 0 Å². The molecule has 2 unspecified atom stereocenters. The summed E-state index contributed by atoms with van der Waals surface area (Å²) >= 11 is 0. The Morgan fingerprint density at radius 2 is 2.00 bits per heavy atom. The Labute approximate surface area is 108 Å². The third-order valence-corrected chi connectivity index (χ3v) is 2.76. The van der Waals surface area contributed by atoms with Gasteiger partial charge in [-0.2, -0.15) is 0 Å². The number of hydrogen-bond acceptors (Lipinski definition) is 4. The molecule has 0 saturated carbocycles. The number of carbonyl (C=O) groups excluding carboxylic acids is 2. The zero-order valence-corrected chi connectivity index (χ0v) is 11.8. The van der Waals surface area contributed by atoms with Crippen LogP contribution in [-0.2, 0) is 19.1 Å². The van der Waals surface area contributed by atoms with E-state index in [1.54, 1.807) is 27.7 Å². The largest absolute Gasteiger partial charge is 0.458 e. The van der Waals surface area contributed by atoms with E-state index >= 15 is 0 Å². The molecule has 5 nitrogen and oxygen atoms in total. The van der Waals surface area contributed by atoms with Crippen molar-refractivity contribution in [3.8, 4) is 0 Å². The van der Waals surface area contributed by atoms with Gasteiger partial charge in [-0.1, -0.05) is 6.92 Å². The van der Waals surface area contributed by atoms with E-state index in [0.717, 1.165) is 6.42 Å². The van der Waals surface area contributed by atoms with Crippen molar-refractivity contribution in [1.29, 1.82) is 0 Å². The summed E-state index contributed by atoms with van der Waals surface area (Å²) in [7, 11) is 0. The highest BCUT2D eigenvalue weighted by Crippen LogP contribution is 2.20. The lowest BCUT2D eigenvalue weighted by Crippen LogP contribution is -2.47. The van der Waals surface area contributed by atoms with Crippen molar-refractivity contribution in [2.24, 2.45) is 5.92 Å². The first-order valence-corrected chi connectivity index (χ1v) is 6.35. The molecule has 3 atom stereocenters. The number of rotatable bonds is 3. The fraction of sp³-hybridized carbons (Fsp3) is 0.846. The molecule has 1 N–H and O–H groups in total. The first kappa shape index (κ1) is 15.0. The van der Waals surface area contributed by atoms with Crippen molar-refractivity contribution in [3.63, 3.8) is 0 Å². The molecule has 1 saturated heterocycles. The highest BCUT2D eigenvalue weighted by Gasteiger charge is 2.33. The molecule has 0 aromatic rings. The Bertz CT molecular complexity index is 321. The fourth-order valence-electron chi connectivity index (χ4n) is 1.78. The molecule has 0 aromatic carbocycles. The Kier molecular flexibility index (Phi) is 4.73. The molecule has 0 bridgehead atoms. The van der Waals surface area contributed by atoms with Crippen LogP contribution in [0.3, 0.4) is 0 Å². The average Bonchev–Trinajstić information content (AvgIpc) is 2.61. The Balaban J connectivity index is 2.46. The van der Waals surface area contributed by atoms with E-state index in [-0.39, 0.29) is 11.8 Å². The predicted molar refractivity (Wildman–Crippen MR) is 67.0 cm³/mol. The second-order valence-corrected chi connectivity index (χ2v) is 5.82. The molecule has 1 aliphatic heterocycles. The number of esters is 1. The van der Waals surface area contributed by atoms with Crippen molar-refractivity contribution in [2.75, 3.05) is 6.61 Å². The molecule has 18 heavy (non-hydrogen) atoms. The van der Waals surface area contributed by atoms with Crippen LogP contribution in [0.2, 0.25) is 0 Å². The number of amides is 1. The summed E-state index contributed by atoms with van der Waals surface area (Å²) in [5.74, 6) is -0.476. The molecule has 0 spiro atoms. The number of carbonyl (C=O) groups is 2. The summed E-state index contributed by atoms with van der Waals surface area (Å²) in [6.07, 6.45) is 0.425. The second kappa shape index (κ2) is 5.69. The molecule has 104 valence electrons. The van der Waals surface area contributed by atoms with E-state index in [1.165, 1.54) is 0 Å². The van der Waals surface area contributed by atoms with Crippen molar-refractivity contribution in [2.45, 2.75) is 58.8 Å². The van der Waals surface area contributed by atoms with Gasteiger partial charge >= 0.3 is 5.97 Å². The van der Waals surface area contributed by atoms with Gasteiger partial charge in [-0.05, 0) is 40.0 Å². The van der Waals surface area contributed by atoms with E-state index in [4.69, 9.17) is 9.47 Å². The molecule has 0 radical (unpaired) electrons. The van der Waals surface area contributed by atoms with Gasteiger partial charge in [0.2, 0.25) is 5.91 Å². The molecular weight excluding hydrogens is 234 g/mol. The number of nitrogens with one attached hydrogen (secondary N) is 1. The van der Waals surface area contributed by atoms with Crippen LogP contribution in [0.4, 0.5) is 0 Å². The summed E-state index contributed by atoms with van der Waals surface area (Å²) in [5, 5.41) is 2.64. The van der Waals surface area contributed by atoms with Gasteiger partial charge in [-0.15, -0.1) is 0 Å². The minimum Gasteiger partial charge on any atom is -0.458 e. The zero-order valence-electron chi connectivity index (χ0n) is 11.8. The van der Waals surface area contributed by atoms with Crippen LogP contribution >= 0.6 is 0 Å². The number of hydrogen-bond donors (Lipinski definition) is 1. The van der Waals surface area contributed by atoms with Gasteiger partial charge in [-0.3, -0.25) is 4.79 Å². The lowest BCUT2D eigenvalue weighted by Gasteiger charge is -2.23. The van der Waals surface area contributed by atoms with Crippen molar-refractivity contribution in [1.82, 2.24) is 5.32 Å². The van der Waals surface area contributed by atoms with Crippen molar-refractivity contribution >= 4 is 11.9 Å². The normalized spacial score (nSPS) is 25.6. The molecule has 0 aliphatic carbocycles. The minimum atomic E-state index is -0.659. The van der Waals surface area contributed by atoms with E-state index in [0.29, 0.717) is 6.61 Å². The van der Waals surface area contributed by atoms with Gasteiger partial charge in [0.25, 0.3) is 0 Å². The van der Waals surface area contributed by atoms with Gasteiger partial charge in [-0.25, -0.2) is 4.79 Å². The van der Waals surface area contributed by atoms with Crippen LogP contribution in [0, 0.1) is 5.92 Å². The lowest BCUT2D eigenvalue weighted by atomic mass is 10.0. The van der Waals surface area contributed by atoms with Crippen LogP contribution in [0.1, 0.15) is 41.0 Å². The smallest absolute Gasteiger partial charge is 0.328 e. The van der Waals surface area contributed by atoms with Crippen LogP contribution in [0.5, 0.6) is 0 Å². The monoisotopic (exact) mass is 257 g/mol. The third kappa shape index (κ3) is 4.29. The SMILES string of the molecule is CC1CCOC1C(=O)N[C@H](C)C(=O)OC(C)(C)C. The second-order valence-electron chi connectivity index (χ2n) is 5.82. The highest BCUT2D eigenvalue weighted by atomic mass is 16.6. The van der Waals surface area contributed by atoms with E-state index in [9.17, 15) is 9.59 Å². The third-order valence-electron chi connectivity index (χ3n) is 2.76. The van der Waals surface area contributed by atoms with Crippen LogP contribution < -0.4 is 5.32 Å². The summed E-state index contributed by atoms with van der Waals surface area (Å²) in [6, 6.07) is -0.659. The summed E-state index contributed by atoms with van der Waals surface area (Å²) < 4.78 is 10.5. The van der Waals surface area contributed by atoms with E-state index in [1.807, 2.05) is 6.92 Å². The van der Waals surface area contributed by atoms with Gasteiger partial charge in [0, 0.05) is 6.61 Å².